The van der Waals surface area contributed by atoms with E-state index < -0.39 is 30.0 Å². The molecule has 9 heteroatoms. The minimum Gasteiger partial charge on any atom is -0.384 e. The van der Waals surface area contributed by atoms with E-state index in [4.69, 9.17) is 10.5 Å². The number of anilines is 1. The van der Waals surface area contributed by atoms with Gasteiger partial charge in [-0.2, -0.15) is 13.8 Å². The van der Waals surface area contributed by atoms with Gasteiger partial charge < -0.3 is 20.5 Å². The Hall–Kier alpha value is -1.58. The third-order valence-electron chi connectivity index (χ3n) is 4.12. The standard InChI is InChI=1S/C13H18F2N4O3/c14-13(15)10(20)8(7-18-4-1-2-5-18)22-11(13)19-6-3-9(16)17-12(19)21/h3,6,8,10-11,20H,1-2,4-5,7H2,(H2,16,17,21)/t8-,10-,11-/m1/s1. The van der Waals surface area contributed by atoms with E-state index >= 15 is 0 Å². The summed E-state index contributed by atoms with van der Waals surface area (Å²) in [6.07, 6.45) is -1.79. The maximum absolute atomic E-state index is 14.3. The van der Waals surface area contributed by atoms with Crippen LogP contribution in [0, 0.1) is 0 Å². The molecule has 3 rings (SSSR count). The summed E-state index contributed by atoms with van der Waals surface area (Å²) in [5.41, 5.74) is 4.42. The first-order valence-electron chi connectivity index (χ1n) is 7.18. The maximum atomic E-state index is 14.3. The van der Waals surface area contributed by atoms with Gasteiger partial charge in [-0.1, -0.05) is 0 Å². The zero-order valence-electron chi connectivity index (χ0n) is 11.9. The molecule has 0 amide bonds. The summed E-state index contributed by atoms with van der Waals surface area (Å²) in [4.78, 5) is 17.1. The van der Waals surface area contributed by atoms with Crippen LogP contribution in [0.25, 0.3) is 0 Å². The summed E-state index contributed by atoms with van der Waals surface area (Å²) < 4.78 is 34.5. The molecule has 0 bridgehead atoms. The van der Waals surface area contributed by atoms with Gasteiger partial charge in [-0.05, 0) is 32.0 Å². The van der Waals surface area contributed by atoms with E-state index in [1.807, 2.05) is 4.90 Å². The summed E-state index contributed by atoms with van der Waals surface area (Å²) in [5.74, 6) is -3.64. The second kappa shape index (κ2) is 5.56. The average Bonchev–Trinajstić information content (AvgIpc) is 3.02. The Labute approximate surface area is 125 Å². The van der Waals surface area contributed by atoms with E-state index in [0.29, 0.717) is 4.57 Å². The molecule has 1 aromatic heterocycles. The van der Waals surface area contributed by atoms with Crippen LogP contribution in [0.4, 0.5) is 14.6 Å². The minimum atomic E-state index is -3.58. The van der Waals surface area contributed by atoms with Gasteiger partial charge in [-0.25, -0.2) is 4.79 Å². The number of alkyl halides is 2. The second-order valence-electron chi connectivity index (χ2n) is 5.70. The molecule has 0 saturated carbocycles. The topological polar surface area (TPSA) is 93.6 Å². The normalized spacial score (nSPS) is 31.7. The van der Waals surface area contributed by atoms with Crippen LogP contribution >= 0.6 is 0 Å². The molecule has 0 radical (unpaired) electrons. The molecule has 3 N–H and O–H groups in total. The highest BCUT2D eigenvalue weighted by atomic mass is 19.3. The number of nitrogens with two attached hydrogens (primary N) is 1. The predicted molar refractivity (Wildman–Crippen MR) is 73.4 cm³/mol. The van der Waals surface area contributed by atoms with Crippen LogP contribution < -0.4 is 11.4 Å². The zero-order valence-corrected chi connectivity index (χ0v) is 11.9. The van der Waals surface area contributed by atoms with Gasteiger partial charge in [-0.15, -0.1) is 0 Å². The molecule has 3 heterocycles. The van der Waals surface area contributed by atoms with E-state index in [9.17, 15) is 18.7 Å². The molecule has 2 aliphatic heterocycles. The number of aromatic nitrogens is 2. The van der Waals surface area contributed by atoms with Gasteiger partial charge in [-0.3, -0.25) is 4.57 Å². The molecule has 2 fully saturated rings. The fraction of sp³-hybridized carbons (Fsp3) is 0.692. The molecular formula is C13H18F2N4O3. The van der Waals surface area contributed by atoms with Gasteiger partial charge >= 0.3 is 11.6 Å². The molecular weight excluding hydrogens is 298 g/mol. The van der Waals surface area contributed by atoms with Gasteiger partial charge in [0.1, 0.15) is 18.0 Å². The molecule has 2 aliphatic rings. The monoisotopic (exact) mass is 316 g/mol. The second-order valence-corrected chi connectivity index (χ2v) is 5.70. The van der Waals surface area contributed by atoms with Crippen molar-refractivity contribution < 1.29 is 18.6 Å². The number of aliphatic hydroxyl groups excluding tert-OH is 1. The van der Waals surface area contributed by atoms with Crippen molar-refractivity contribution in [2.45, 2.75) is 37.2 Å². The molecule has 0 aliphatic carbocycles. The van der Waals surface area contributed by atoms with Crippen LogP contribution in [0.2, 0.25) is 0 Å². The number of hydrogen-bond donors (Lipinski definition) is 2. The lowest BCUT2D eigenvalue weighted by Crippen LogP contribution is -2.43. The Morgan fingerprint density at radius 2 is 2.14 bits per heavy atom. The van der Waals surface area contributed by atoms with Crippen LogP contribution in [0.5, 0.6) is 0 Å². The van der Waals surface area contributed by atoms with E-state index in [1.54, 1.807) is 0 Å². The van der Waals surface area contributed by atoms with Crippen molar-refractivity contribution in [2.24, 2.45) is 0 Å². The number of aliphatic hydroxyl groups is 1. The molecule has 3 atom stereocenters. The first-order chi connectivity index (χ1) is 10.4. The largest absolute Gasteiger partial charge is 0.384 e. The third-order valence-corrected chi connectivity index (χ3v) is 4.12. The number of nitrogen functional groups attached to an aromatic ring is 1. The highest BCUT2D eigenvalue weighted by Crippen LogP contribution is 2.42. The number of likely N-dealkylation sites (tertiary alicyclic amines) is 1. The summed E-state index contributed by atoms with van der Waals surface area (Å²) in [5, 5.41) is 9.89. The minimum absolute atomic E-state index is 0.0586. The van der Waals surface area contributed by atoms with Gasteiger partial charge in [0.05, 0.1) is 0 Å². The lowest BCUT2D eigenvalue weighted by atomic mass is 10.1. The molecule has 0 spiro atoms. The number of halogens is 2. The van der Waals surface area contributed by atoms with Gasteiger partial charge in [0.15, 0.2) is 0 Å². The lowest BCUT2D eigenvalue weighted by Gasteiger charge is -2.21. The van der Waals surface area contributed by atoms with E-state index in [2.05, 4.69) is 4.98 Å². The number of ether oxygens (including phenoxy) is 1. The Morgan fingerprint density at radius 3 is 2.77 bits per heavy atom. The van der Waals surface area contributed by atoms with Crippen molar-refractivity contribution in [3.8, 4) is 0 Å². The fourth-order valence-corrected chi connectivity index (χ4v) is 2.94. The van der Waals surface area contributed by atoms with Crippen molar-refractivity contribution in [1.82, 2.24) is 14.5 Å². The smallest absolute Gasteiger partial charge is 0.351 e. The summed E-state index contributed by atoms with van der Waals surface area (Å²) in [6, 6.07) is 1.24. The molecule has 0 aromatic carbocycles. The zero-order chi connectivity index (χ0) is 15.9. The van der Waals surface area contributed by atoms with E-state index in [1.165, 1.54) is 6.07 Å². The summed E-state index contributed by atoms with van der Waals surface area (Å²) in [7, 11) is 0. The average molecular weight is 316 g/mol. The van der Waals surface area contributed by atoms with Crippen molar-refractivity contribution in [3.63, 3.8) is 0 Å². The van der Waals surface area contributed by atoms with E-state index in [-0.39, 0.29) is 12.4 Å². The molecule has 2 saturated heterocycles. The van der Waals surface area contributed by atoms with Gasteiger partial charge in [0.25, 0.3) is 0 Å². The SMILES string of the molecule is Nc1ccn([C@@H]2O[C@H](CN3CCCC3)[C@@H](O)C2(F)F)c(=O)n1. The number of hydrogen-bond acceptors (Lipinski definition) is 6. The van der Waals surface area contributed by atoms with Crippen LogP contribution in [0.3, 0.4) is 0 Å². The van der Waals surface area contributed by atoms with Crippen LogP contribution in [-0.4, -0.2) is 57.3 Å². The molecule has 0 unspecified atom stereocenters. The summed E-state index contributed by atoms with van der Waals surface area (Å²) >= 11 is 0. The quantitative estimate of drug-likeness (QED) is 0.803. The van der Waals surface area contributed by atoms with Gasteiger partial charge in [0, 0.05) is 12.7 Å². The Balaban J connectivity index is 1.83. The van der Waals surface area contributed by atoms with Crippen LogP contribution in [0.1, 0.15) is 19.1 Å². The first kappa shape index (κ1) is 15.3. The number of rotatable bonds is 3. The highest BCUT2D eigenvalue weighted by Gasteiger charge is 2.59. The number of nitrogens with zero attached hydrogens (tertiary/aromatic N) is 3. The molecule has 122 valence electrons. The predicted octanol–water partition coefficient (Wildman–Crippen LogP) is -0.185. The van der Waals surface area contributed by atoms with Crippen molar-refractivity contribution in [3.05, 3.63) is 22.7 Å². The van der Waals surface area contributed by atoms with Crippen LogP contribution in [-0.2, 0) is 4.74 Å². The maximum Gasteiger partial charge on any atom is 0.351 e. The fourth-order valence-electron chi connectivity index (χ4n) is 2.94. The van der Waals surface area contributed by atoms with Crippen molar-refractivity contribution in [1.29, 1.82) is 0 Å². The molecule has 1 aromatic rings. The van der Waals surface area contributed by atoms with Crippen molar-refractivity contribution >= 4 is 5.82 Å². The Kier molecular flexibility index (Phi) is 3.87. The summed E-state index contributed by atoms with van der Waals surface area (Å²) in [6.45, 7) is 1.81. The first-order valence-corrected chi connectivity index (χ1v) is 7.18. The van der Waals surface area contributed by atoms with E-state index in [0.717, 1.165) is 32.1 Å². The molecule has 7 nitrogen and oxygen atoms in total. The lowest BCUT2D eigenvalue weighted by molar-refractivity contribution is -0.140. The Morgan fingerprint density at radius 1 is 1.45 bits per heavy atom. The third kappa shape index (κ3) is 2.59. The van der Waals surface area contributed by atoms with Crippen molar-refractivity contribution in [2.75, 3.05) is 25.4 Å². The van der Waals surface area contributed by atoms with Gasteiger partial charge in [0.2, 0.25) is 6.23 Å². The molecule has 22 heavy (non-hydrogen) atoms. The highest BCUT2D eigenvalue weighted by molar-refractivity contribution is 5.23. The van der Waals surface area contributed by atoms with Crippen LogP contribution in [0.15, 0.2) is 17.1 Å². The Bertz CT molecular complexity index is 603.